The Hall–Kier alpha value is -1.07. The van der Waals surface area contributed by atoms with E-state index in [1.165, 1.54) is 24.9 Å². The highest BCUT2D eigenvalue weighted by atomic mass is 32.2. The van der Waals surface area contributed by atoms with Crippen molar-refractivity contribution in [1.82, 2.24) is 4.31 Å². The lowest BCUT2D eigenvalue weighted by Crippen LogP contribution is -2.33. The van der Waals surface area contributed by atoms with Gasteiger partial charge in [-0.25, -0.2) is 8.42 Å². The number of unbranched alkanes of at least 4 members (excludes halogenated alkanes) is 5. The molecule has 0 unspecified atom stereocenters. The average molecular weight is 397 g/mol. The van der Waals surface area contributed by atoms with Gasteiger partial charge in [0.05, 0.1) is 5.75 Å². The summed E-state index contributed by atoms with van der Waals surface area (Å²) < 4.78 is 27.3. The van der Waals surface area contributed by atoms with Crippen LogP contribution in [0.5, 0.6) is 0 Å². The summed E-state index contributed by atoms with van der Waals surface area (Å²) in [4.78, 5) is 2.30. The summed E-state index contributed by atoms with van der Waals surface area (Å²) in [6, 6.07) is 8.38. The van der Waals surface area contributed by atoms with Gasteiger partial charge in [0.2, 0.25) is 10.0 Å². The first-order chi connectivity index (χ1) is 13.0. The van der Waals surface area contributed by atoms with E-state index in [1.807, 2.05) is 6.92 Å². The number of anilines is 1. The van der Waals surface area contributed by atoms with Crippen LogP contribution < -0.4 is 4.90 Å². The number of hydrogen-bond acceptors (Lipinski definition) is 3. The molecule has 0 N–H and O–H groups in total. The third kappa shape index (κ3) is 8.65. The number of nitrogens with zero attached hydrogens (tertiary/aromatic N) is 2. The molecule has 0 aromatic heterocycles. The highest BCUT2D eigenvalue weighted by molar-refractivity contribution is 7.89. The van der Waals surface area contributed by atoms with Crippen LogP contribution in [-0.4, -0.2) is 38.1 Å². The zero-order valence-electron chi connectivity index (χ0n) is 17.9. The van der Waals surface area contributed by atoms with Gasteiger partial charge in [-0.05, 0) is 44.4 Å². The van der Waals surface area contributed by atoms with Crippen LogP contribution in [0.4, 0.5) is 5.69 Å². The summed E-state index contributed by atoms with van der Waals surface area (Å²) in [7, 11) is -3.19. The molecule has 5 heteroatoms. The zero-order valence-corrected chi connectivity index (χ0v) is 18.7. The number of sulfonamides is 1. The molecule has 0 aliphatic carbocycles. The third-order valence-electron chi connectivity index (χ3n) is 5.08. The molecule has 0 fully saturated rings. The molecular formula is C22H40N2O2S. The number of hydrogen-bond donors (Lipinski definition) is 0. The van der Waals surface area contributed by atoms with Crippen LogP contribution in [0.3, 0.4) is 0 Å². The second-order valence-corrected chi connectivity index (χ2v) is 9.34. The predicted octanol–water partition coefficient (Wildman–Crippen LogP) is 5.44. The smallest absolute Gasteiger partial charge is 0.214 e. The van der Waals surface area contributed by atoms with Gasteiger partial charge in [-0.3, -0.25) is 0 Å². The summed E-state index contributed by atoms with van der Waals surface area (Å²) in [6.07, 6.45) is 7.32. The van der Waals surface area contributed by atoms with Crippen molar-refractivity contribution in [3.8, 4) is 0 Å². The lowest BCUT2D eigenvalue weighted by molar-refractivity contribution is 0.391. The van der Waals surface area contributed by atoms with Crippen molar-refractivity contribution >= 4 is 15.7 Å². The van der Waals surface area contributed by atoms with E-state index in [0.29, 0.717) is 13.1 Å². The molecule has 0 radical (unpaired) electrons. The molecule has 0 amide bonds. The lowest BCUT2D eigenvalue weighted by atomic mass is 10.1. The Morgan fingerprint density at radius 3 is 1.93 bits per heavy atom. The van der Waals surface area contributed by atoms with E-state index in [9.17, 15) is 8.42 Å². The lowest BCUT2D eigenvalue weighted by Gasteiger charge is -2.24. The van der Waals surface area contributed by atoms with Crippen LogP contribution in [0.25, 0.3) is 0 Å². The molecule has 0 atom stereocenters. The van der Waals surface area contributed by atoms with Gasteiger partial charge >= 0.3 is 0 Å². The van der Waals surface area contributed by atoms with E-state index in [4.69, 9.17) is 0 Å². The minimum Gasteiger partial charge on any atom is -0.372 e. The summed E-state index contributed by atoms with van der Waals surface area (Å²) >= 11 is 0. The molecule has 1 aromatic carbocycles. The Kier molecular flexibility index (Phi) is 11.7. The van der Waals surface area contributed by atoms with E-state index >= 15 is 0 Å². The molecular weight excluding hydrogens is 356 g/mol. The molecule has 0 spiro atoms. The van der Waals surface area contributed by atoms with Gasteiger partial charge < -0.3 is 4.90 Å². The molecule has 0 heterocycles. The Morgan fingerprint density at radius 1 is 0.778 bits per heavy atom. The minimum atomic E-state index is -3.19. The van der Waals surface area contributed by atoms with Crippen LogP contribution in [0.2, 0.25) is 0 Å². The van der Waals surface area contributed by atoms with E-state index in [0.717, 1.165) is 44.3 Å². The molecule has 156 valence electrons. The van der Waals surface area contributed by atoms with E-state index in [2.05, 4.69) is 49.9 Å². The highest BCUT2D eigenvalue weighted by Gasteiger charge is 2.21. The molecule has 4 nitrogen and oxygen atoms in total. The van der Waals surface area contributed by atoms with Crippen molar-refractivity contribution < 1.29 is 8.42 Å². The second-order valence-electron chi connectivity index (χ2n) is 7.26. The van der Waals surface area contributed by atoms with Crippen molar-refractivity contribution in [3.63, 3.8) is 0 Å². The zero-order chi connectivity index (χ0) is 20.1. The topological polar surface area (TPSA) is 40.6 Å². The van der Waals surface area contributed by atoms with Crippen molar-refractivity contribution in [2.45, 2.75) is 79.2 Å². The van der Waals surface area contributed by atoms with Crippen molar-refractivity contribution in [3.05, 3.63) is 29.8 Å². The average Bonchev–Trinajstić information content (AvgIpc) is 2.67. The Morgan fingerprint density at radius 2 is 1.37 bits per heavy atom. The van der Waals surface area contributed by atoms with Crippen molar-refractivity contribution in [2.24, 2.45) is 0 Å². The maximum Gasteiger partial charge on any atom is 0.214 e. The molecule has 1 aromatic rings. The van der Waals surface area contributed by atoms with Gasteiger partial charge in [0, 0.05) is 31.9 Å². The third-order valence-corrected chi connectivity index (χ3v) is 6.99. The highest BCUT2D eigenvalue weighted by Crippen LogP contribution is 2.18. The standard InChI is InChI=1S/C22H40N2O2S/c1-5-9-11-12-13-18-24(27(25,26)19-10-6-2)20-21-14-16-22(17-15-21)23(7-3)8-4/h14-17H,5-13,18-20H2,1-4H3. The summed E-state index contributed by atoms with van der Waals surface area (Å²) in [5.74, 6) is 0.260. The number of rotatable bonds is 15. The van der Waals surface area contributed by atoms with Crippen LogP contribution in [0.1, 0.15) is 78.2 Å². The molecule has 1 rings (SSSR count). The second kappa shape index (κ2) is 13.2. The molecule has 0 saturated heterocycles. The van der Waals surface area contributed by atoms with Crippen molar-refractivity contribution in [2.75, 3.05) is 30.3 Å². The summed E-state index contributed by atoms with van der Waals surface area (Å²) in [6.45, 7) is 11.6. The maximum absolute atomic E-state index is 12.8. The van der Waals surface area contributed by atoms with Crippen molar-refractivity contribution in [1.29, 1.82) is 0 Å². The van der Waals surface area contributed by atoms with Crippen LogP contribution >= 0.6 is 0 Å². The van der Waals surface area contributed by atoms with Gasteiger partial charge in [-0.15, -0.1) is 0 Å². The van der Waals surface area contributed by atoms with E-state index in [1.54, 1.807) is 4.31 Å². The van der Waals surface area contributed by atoms with Gasteiger partial charge in [0.25, 0.3) is 0 Å². The Bertz CT molecular complexity index is 595. The quantitative estimate of drug-likeness (QED) is 0.371. The first-order valence-electron chi connectivity index (χ1n) is 10.8. The Labute approximate surface area is 168 Å². The Balaban J connectivity index is 2.79. The largest absolute Gasteiger partial charge is 0.372 e. The van der Waals surface area contributed by atoms with Gasteiger partial charge in [-0.1, -0.05) is 58.1 Å². The fourth-order valence-corrected chi connectivity index (χ4v) is 4.93. The van der Waals surface area contributed by atoms with Crippen LogP contribution in [0, 0.1) is 0 Å². The summed E-state index contributed by atoms with van der Waals surface area (Å²) in [5, 5.41) is 0. The molecule has 0 saturated carbocycles. The minimum absolute atomic E-state index is 0.260. The van der Waals surface area contributed by atoms with Crippen LogP contribution in [-0.2, 0) is 16.6 Å². The fraction of sp³-hybridized carbons (Fsp3) is 0.727. The van der Waals surface area contributed by atoms with E-state index < -0.39 is 10.0 Å². The molecule has 27 heavy (non-hydrogen) atoms. The monoisotopic (exact) mass is 396 g/mol. The van der Waals surface area contributed by atoms with Gasteiger partial charge in [-0.2, -0.15) is 4.31 Å². The SMILES string of the molecule is CCCCCCCN(Cc1ccc(N(CC)CC)cc1)S(=O)(=O)CCCC. The van der Waals surface area contributed by atoms with Crippen LogP contribution in [0.15, 0.2) is 24.3 Å². The molecule has 0 bridgehead atoms. The fourth-order valence-electron chi connectivity index (χ4n) is 3.27. The van der Waals surface area contributed by atoms with E-state index in [-0.39, 0.29) is 5.75 Å². The molecule has 0 aliphatic heterocycles. The maximum atomic E-state index is 12.8. The van der Waals surface area contributed by atoms with Gasteiger partial charge in [0.1, 0.15) is 0 Å². The normalized spacial score (nSPS) is 11.9. The first kappa shape index (κ1) is 24.0. The number of benzene rings is 1. The summed E-state index contributed by atoms with van der Waals surface area (Å²) in [5.41, 5.74) is 2.27. The first-order valence-corrected chi connectivity index (χ1v) is 12.4. The van der Waals surface area contributed by atoms with Gasteiger partial charge in [0.15, 0.2) is 0 Å². The molecule has 0 aliphatic rings. The predicted molar refractivity (Wildman–Crippen MR) is 118 cm³/mol.